The maximum atomic E-state index is 12.5. The van der Waals surface area contributed by atoms with Crippen molar-refractivity contribution in [2.75, 3.05) is 51.8 Å². The van der Waals surface area contributed by atoms with Gasteiger partial charge in [-0.2, -0.15) is 0 Å². The van der Waals surface area contributed by atoms with Gasteiger partial charge in [-0.15, -0.1) is 0 Å². The monoisotopic (exact) mass is 425 g/mol. The molecule has 1 amide bonds. The Morgan fingerprint density at radius 1 is 1.03 bits per heavy atom. The topological polar surface area (TPSA) is 92.4 Å². The molecule has 0 spiro atoms. The standard InChI is InChI=1S/C23H31N5O3/c1-30-20-9-8-18(16-21(20)31-2)17-26-23(24)25-11-10-22(29)28-14-12-27(13-15-28)19-6-4-3-5-7-19/h3-9,16H,10-15,17H2,1-2H3,(H3,24,25,26). The minimum atomic E-state index is 0.132. The summed E-state index contributed by atoms with van der Waals surface area (Å²) >= 11 is 0. The Labute approximate surface area is 183 Å². The molecule has 0 saturated carbocycles. The third-order valence-electron chi connectivity index (χ3n) is 5.28. The summed E-state index contributed by atoms with van der Waals surface area (Å²) in [6, 6.07) is 15.9. The number of rotatable bonds is 8. The molecule has 1 aliphatic rings. The summed E-state index contributed by atoms with van der Waals surface area (Å²) in [5.74, 6) is 1.77. The number of nitrogens with one attached hydrogen (secondary N) is 1. The second kappa shape index (κ2) is 11.1. The maximum Gasteiger partial charge on any atom is 0.224 e. The van der Waals surface area contributed by atoms with Crippen LogP contribution in [0.1, 0.15) is 12.0 Å². The number of nitrogens with zero attached hydrogens (tertiary/aromatic N) is 3. The van der Waals surface area contributed by atoms with Crippen molar-refractivity contribution < 1.29 is 14.3 Å². The van der Waals surface area contributed by atoms with Gasteiger partial charge in [-0.3, -0.25) is 4.79 Å². The molecular weight excluding hydrogens is 394 g/mol. The van der Waals surface area contributed by atoms with Crippen LogP contribution >= 0.6 is 0 Å². The van der Waals surface area contributed by atoms with Crippen molar-refractivity contribution in [3.63, 3.8) is 0 Å². The number of aliphatic imine (C=N–C) groups is 1. The third kappa shape index (κ3) is 6.28. The van der Waals surface area contributed by atoms with Gasteiger partial charge in [0.15, 0.2) is 17.5 Å². The van der Waals surface area contributed by atoms with E-state index in [4.69, 9.17) is 15.2 Å². The third-order valence-corrected chi connectivity index (χ3v) is 5.28. The summed E-state index contributed by atoms with van der Waals surface area (Å²) in [4.78, 5) is 21.0. The van der Waals surface area contributed by atoms with Crippen LogP contribution in [0.5, 0.6) is 11.5 Å². The number of carbonyl (C=O) groups is 1. The van der Waals surface area contributed by atoms with Crippen LogP contribution < -0.4 is 25.4 Å². The van der Waals surface area contributed by atoms with Gasteiger partial charge in [0.05, 0.1) is 20.8 Å². The van der Waals surface area contributed by atoms with Gasteiger partial charge in [0.1, 0.15) is 0 Å². The molecule has 2 aromatic rings. The minimum absolute atomic E-state index is 0.132. The van der Waals surface area contributed by atoms with Crippen LogP contribution in [0.15, 0.2) is 53.5 Å². The van der Waals surface area contributed by atoms with Crippen molar-refractivity contribution in [2.45, 2.75) is 13.0 Å². The van der Waals surface area contributed by atoms with E-state index in [1.54, 1.807) is 14.2 Å². The Morgan fingerprint density at radius 3 is 2.42 bits per heavy atom. The average molecular weight is 426 g/mol. The SMILES string of the molecule is COc1ccc(CN=C(N)NCCC(=O)N2CCN(c3ccccc3)CC2)cc1OC. The number of nitrogens with two attached hydrogens (primary N) is 1. The lowest BCUT2D eigenvalue weighted by atomic mass is 10.2. The fraction of sp³-hybridized carbons (Fsp3) is 0.391. The summed E-state index contributed by atoms with van der Waals surface area (Å²) in [6.45, 7) is 4.02. The Balaban J connectivity index is 1.39. The minimum Gasteiger partial charge on any atom is -0.493 e. The molecule has 3 rings (SSSR count). The van der Waals surface area contributed by atoms with Crippen LogP contribution in [0.3, 0.4) is 0 Å². The second-order valence-corrected chi connectivity index (χ2v) is 7.27. The van der Waals surface area contributed by atoms with E-state index in [9.17, 15) is 4.79 Å². The first-order valence-corrected chi connectivity index (χ1v) is 10.4. The summed E-state index contributed by atoms with van der Waals surface area (Å²) in [7, 11) is 3.20. The number of carbonyl (C=O) groups excluding carboxylic acids is 1. The van der Waals surface area contributed by atoms with Gasteiger partial charge in [-0.1, -0.05) is 24.3 Å². The molecule has 1 saturated heterocycles. The lowest BCUT2D eigenvalue weighted by molar-refractivity contribution is -0.131. The van der Waals surface area contributed by atoms with Crippen molar-refractivity contribution in [2.24, 2.45) is 10.7 Å². The molecule has 1 heterocycles. The van der Waals surface area contributed by atoms with Gasteiger partial charge in [0, 0.05) is 44.8 Å². The van der Waals surface area contributed by atoms with Crippen LogP contribution in [-0.2, 0) is 11.3 Å². The number of anilines is 1. The van der Waals surface area contributed by atoms with Gasteiger partial charge in [0.2, 0.25) is 5.91 Å². The predicted molar refractivity (Wildman–Crippen MR) is 123 cm³/mol. The number of hydrogen-bond donors (Lipinski definition) is 2. The van der Waals surface area contributed by atoms with Crippen molar-refractivity contribution in [3.8, 4) is 11.5 Å². The fourth-order valence-electron chi connectivity index (χ4n) is 3.52. The molecule has 0 bridgehead atoms. The van der Waals surface area contributed by atoms with Gasteiger partial charge in [0.25, 0.3) is 0 Å². The van der Waals surface area contributed by atoms with Crippen LogP contribution in [-0.4, -0.2) is 63.7 Å². The van der Waals surface area contributed by atoms with Gasteiger partial charge in [-0.05, 0) is 29.8 Å². The van der Waals surface area contributed by atoms with E-state index in [0.717, 1.165) is 31.7 Å². The normalized spacial score (nSPS) is 14.3. The molecule has 31 heavy (non-hydrogen) atoms. The number of ether oxygens (including phenoxy) is 2. The highest BCUT2D eigenvalue weighted by Gasteiger charge is 2.20. The van der Waals surface area contributed by atoms with Gasteiger partial charge < -0.3 is 30.3 Å². The van der Waals surface area contributed by atoms with Crippen molar-refractivity contribution in [1.82, 2.24) is 10.2 Å². The zero-order valence-corrected chi connectivity index (χ0v) is 18.2. The number of hydrogen-bond acceptors (Lipinski definition) is 5. The highest BCUT2D eigenvalue weighted by molar-refractivity contribution is 5.80. The summed E-state index contributed by atoms with van der Waals surface area (Å²) in [5, 5.41) is 3.02. The fourth-order valence-corrected chi connectivity index (χ4v) is 3.52. The Bertz CT molecular complexity index is 880. The van der Waals surface area contributed by atoms with E-state index in [2.05, 4.69) is 27.3 Å². The molecule has 1 aliphatic heterocycles. The highest BCUT2D eigenvalue weighted by atomic mass is 16.5. The number of piperazine rings is 1. The van der Waals surface area contributed by atoms with E-state index in [1.165, 1.54) is 5.69 Å². The number of guanidine groups is 1. The Hall–Kier alpha value is -3.42. The number of amides is 1. The zero-order chi connectivity index (χ0) is 22.1. The van der Waals surface area contributed by atoms with Crippen molar-refractivity contribution in [1.29, 1.82) is 0 Å². The first kappa shape index (κ1) is 22.3. The molecule has 0 unspecified atom stereocenters. The predicted octanol–water partition coefficient (Wildman–Crippen LogP) is 1.85. The van der Waals surface area contributed by atoms with E-state index in [0.29, 0.717) is 37.0 Å². The van der Waals surface area contributed by atoms with Crippen LogP contribution in [0, 0.1) is 0 Å². The average Bonchev–Trinajstić information content (AvgIpc) is 2.83. The quantitative estimate of drug-likeness (QED) is 0.495. The second-order valence-electron chi connectivity index (χ2n) is 7.27. The van der Waals surface area contributed by atoms with Gasteiger partial charge in [-0.25, -0.2) is 4.99 Å². The van der Waals surface area contributed by atoms with E-state index in [-0.39, 0.29) is 5.91 Å². The zero-order valence-electron chi connectivity index (χ0n) is 18.2. The van der Waals surface area contributed by atoms with E-state index < -0.39 is 0 Å². The molecule has 1 fully saturated rings. The molecule has 8 heteroatoms. The molecule has 3 N–H and O–H groups in total. The number of para-hydroxylation sites is 1. The van der Waals surface area contributed by atoms with Crippen LogP contribution in [0.4, 0.5) is 5.69 Å². The molecule has 0 aliphatic carbocycles. The lowest BCUT2D eigenvalue weighted by Crippen LogP contribution is -2.49. The van der Waals surface area contributed by atoms with Crippen molar-refractivity contribution >= 4 is 17.6 Å². The van der Waals surface area contributed by atoms with Crippen LogP contribution in [0.25, 0.3) is 0 Å². The number of benzene rings is 2. The van der Waals surface area contributed by atoms with E-state index >= 15 is 0 Å². The van der Waals surface area contributed by atoms with Crippen LogP contribution in [0.2, 0.25) is 0 Å². The molecule has 2 aromatic carbocycles. The Morgan fingerprint density at radius 2 is 1.74 bits per heavy atom. The first-order chi connectivity index (χ1) is 15.1. The first-order valence-electron chi connectivity index (χ1n) is 10.4. The number of methoxy groups -OCH3 is 2. The maximum absolute atomic E-state index is 12.5. The lowest BCUT2D eigenvalue weighted by Gasteiger charge is -2.36. The van der Waals surface area contributed by atoms with Crippen molar-refractivity contribution in [3.05, 3.63) is 54.1 Å². The molecule has 166 valence electrons. The van der Waals surface area contributed by atoms with Gasteiger partial charge >= 0.3 is 0 Å². The molecule has 0 aromatic heterocycles. The smallest absolute Gasteiger partial charge is 0.224 e. The molecular formula is C23H31N5O3. The summed E-state index contributed by atoms with van der Waals surface area (Å²) in [6.07, 6.45) is 0.387. The van der Waals surface area contributed by atoms with E-state index in [1.807, 2.05) is 41.3 Å². The largest absolute Gasteiger partial charge is 0.493 e. The molecule has 0 radical (unpaired) electrons. The molecule has 0 atom stereocenters. The summed E-state index contributed by atoms with van der Waals surface area (Å²) < 4.78 is 10.5. The highest BCUT2D eigenvalue weighted by Crippen LogP contribution is 2.27. The Kier molecular flexibility index (Phi) is 7.98. The molecule has 8 nitrogen and oxygen atoms in total. The summed E-state index contributed by atoms with van der Waals surface area (Å²) in [5.41, 5.74) is 8.10.